The molecule has 0 bridgehead atoms. The SMILES string of the molecule is [B]C1(C(=O)NC)CCCCC(C)(C(C)C)CCCC1. The maximum atomic E-state index is 12.0. The van der Waals surface area contributed by atoms with Crippen LogP contribution in [0, 0.1) is 11.3 Å². The van der Waals surface area contributed by atoms with E-state index in [4.69, 9.17) is 7.85 Å². The van der Waals surface area contributed by atoms with Crippen LogP contribution in [-0.2, 0) is 4.79 Å². The molecule has 1 rings (SSSR count). The van der Waals surface area contributed by atoms with Gasteiger partial charge in [-0.25, -0.2) is 0 Å². The van der Waals surface area contributed by atoms with Crippen molar-refractivity contribution in [2.45, 2.75) is 77.5 Å². The van der Waals surface area contributed by atoms with Crippen LogP contribution in [0.1, 0.15) is 72.1 Å². The molecule has 2 radical (unpaired) electrons. The first-order valence-corrected chi connectivity index (χ1v) is 7.85. The summed E-state index contributed by atoms with van der Waals surface area (Å²) in [6.07, 6.45) is 8.65. The van der Waals surface area contributed by atoms with Crippen molar-refractivity contribution in [3.05, 3.63) is 0 Å². The standard InChI is InChI=1S/C16H30BNO/c1-13(2)15(3)9-5-7-11-16(17,14(19)18-4)12-8-6-10-15/h13H,5-12H2,1-4H3,(H,18,19). The molecule has 0 atom stereocenters. The van der Waals surface area contributed by atoms with Gasteiger partial charge in [0.25, 0.3) is 0 Å². The molecule has 1 aliphatic carbocycles. The molecule has 1 amide bonds. The highest BCUT2D eigenvalue weighted by atomic mass is 16.2. The average molecular weight is 263 g/mol. The van der Waals surface area contributed by atoms with E-state index in [0.717, 1.165) is 31.6 Å². The molecule has 0 saturated heterocycles. The first-order valence-electron chi connectivity index (χ1n) is 7.85. The highest BCUT2D eigenvalue weighted by Gasteiger charge is 2.33. The minimum Gasteiger partial charge on any atom is -0.359 e. The predicted octanol–water partition coefficient (Wildman–Crippen LogP) is 3.86. The highest BCUT2D eigenvalue weighted by Crippen LogP contribution is 2.43. The Bertz CT molecular complexity index is 289. The zero-order chi connectivity index (χ0) is 14.5. The first kappa shape index (κ1) is 16.6. The lowest BCUT2D eigenvalue weighted by Gasteiger charge is -2.37. The Hall–Kier alpha value is -0.465. The maximum absolute atomic E-state index is 12.0. The lowest BCUT2D eigenvalue weighted by Crippen LogP contribution is -2.34. The van der Waals surface area contributed by atoms with Gasteiger partial charge in [0, 0.05) is 12.4 Å². The summed E-state index contributed by atoms with van der Waals surface area (Å²) in [5, 5.41) is 2.09. The molecule has 2 nitrogen and oxygen atoms in total. The molecule has 0 aromatic rings. The van der Waals surface area contributed by atoms with Crippen LogP contribution in [0.15, 0.2) is 0 Å². The summed E-state index contributed by atoms with van der Waals surface area (Å²) in [6, 6.07) is 0. The Morgan fingerprint density at radius 1 is 1.05 bits per heavy atom. The third kappa shape index (κ3) is 4.26. The van der Waals surface area contributed by atoms with E-state index < -0.39 is 5.31 Å². The molecule has 0 heterocycles. The molecule has 0 unspecified atom stereocenters. The van der Waals surface area contributed by atoms with Gasteiger partial charge in [-0.2, -0.15) is 0 Å². The Morgan fingerprint density at radius 3 is 1.84 bits per heavy atom. The van der Waals surface area contributed by atoms with Crippen LogP contribution in [-0.4, -0.2) is 20.8 Å². The van der Waals surface area contributed by atoms with E-state index in [1.54, 1.807) is 7.05 Å². The van der Waals surface area contributed by atoms with E-state index in [9.17, 15) is 4.79 Å². The number of amides is 1. The maximum Gasteiger partial charge on any atom is 0.217 e. The van der Waals surface area contributed by atoms with Gasteiger partial charge in [0.15, 0.2) is 0 Å². The molecule has 1 aliphatic rings. The summed E-state index contributed by atoms with van der Waals surface area (Å²) in [4.78, 5) is 12.0. The van der Waals surface area contributed by atoms with Crippen LogP contribution in [0.3, 0.4) is 0 Å². The Morgan fingerprint density at radius 2 is 1.47 bits per heavy atom. The van der Waals surface area contributed by atoms with Crippen molar-refractivity contribution in [2.24, 2.45) is 11.3 Å². The van der Waals surface area contributed by atoms with Crippen LogP contribution in [0.4, 0.5) is 0 Å². The van der Waals surface area contributed by atoms with Gasteiger partial charge in [-0.1, -0.05) is 46.5 Å². The van der Waals surface area contributed by atoms with Gasteiger partial charge < -0.3 is 5.32 Å². The summed E-state index contributed by atoms with van der Waals surface area (Å²) < 4.78 is 0. The Labute approximate surface area is 120 Å². The summed E-state index contributed by atoms with van der Waals surface area (Å²) in [5.74, 6) is 0.744. The van der Waals surface area contributed by atoms with Gasteiger partial charge in [0.1, 0.15) is 0 Å². The Balaban J connectivity index is 2.66. The van der Waals surface area contributed by atoms with E-state index in [0.29, 0.717) is 5.41 Å². The molecule has 19 heavy (non-hydrogen) atoms. The van der Waals surface area contributed by atoms with Crippen LogP contribution in [0.25, 0.3) is 0 Å². The van der Waals surface area contributed by atoms with E-state index >= 15 is 0 Å². The number of carbonyl (C=O) groups excluding carboxylic acids is 1. The number of hydrogen-bond donors (Lipinski definition) is 1. The number of rotatable bonds is 2. The van der Waals surface area contributed by atoms with Crippen LogP contribution in [0.5, 0.6) is 0 Å². The van der Waals surface area contributed by atoms with E-state index in [-0.39, 0.29) is 5.91 Å². The fourth-order valence-electron chi connectivity index (χ4n) is 3.24. The second-order valence-electron chi connectivity index (χ2n) is 6.96. The summed E-state index contributed by atoms with van der Waals surface area (Å²) in [6.45, 7) is 7.10. The summed E-state index contributed by atoms with van der Waals surface area (Å²) in [5.41, 5.74) is 0.460. The normalized spacial score (nSPS) is 33.9. The van der Waals surface area contributed by atoms with Gasteiger partial charge in [0.2, 0.25) is 5.91 Å². The van der Waals surface area contributed by atoms with Crippen molar-refractivity contribution in [3.63, 3.8) is 0 Å². The van der Waals surface area contributed by atoms with E-state index in [1.807, 2.05) is 0 Å². The minimum absolute atomic E-state index is 0.0136. The second-order valence-corrected chi connectivity index (χ2v) is 6.96. The van der Waals surface area contributed by atoms with Crippen molar-refractivity contribution in [1.82, 2.24) is 5.32 Å². The monoisotopic (exact) mass is 263 g/mol. The van der Waals surface area contributed by atoms with E-state index in [2.05, 4.69) is 26.1 Å². The summed E-state index contributed by atoms with van der Waals surface area (Å²) >= 11 is 0. The van der Waals surface area contributed by atoms with Crippen LogP contribution in [0.2, 0.25) is 5.31 Å². The molecule has 0 aliphatic heterocycles. The minimum atomic E-state index is -0.639. The lowest BCUT2D eigenvalue weighted by molar-refractivity contribution is -0.124. The smallest absolute Gasteiger partial charge is 0.217 e. The van der Waals surface area contributed by atoms with Gasteiger partial charge in [-0.3, -0.25) is 4.79 Å². The molecule has 1 fully saturated rings. The predicted molar refractivity (Wildman–Crippen MR) is 82.4 cm³/mol. The quantitative estimate of drug-likeness (QED) is 0.753. The van der Waals surface area contributed by atoms with Gasteiger partial charge in [0.05, 0.1) is 7.85 Å². The summed E-state index contributed by atoms with van der Waals surface area (Å²) in [7, 11) is 8.00. The zero-order valence-corrected chi connectivity index (χ0v) is 13.2. The fourth-order valence-corrected chi connectivity index (χ4v) is 3.24. The Kier molecular flexibility index (Phi) is 5.94. The molecule has 3 heteroatoms. The van der Waals surface area contributed by atoms with Crippen LogP contribution < -0.4 is 5.32 Å². The molecule has 108 valence electrons. The van der Waals surface area contributed by atoms with Crippen molar-refractivity contribution in [1.29, 1.82) is 0 Å². The molecule has 0 aromatic carbocycles. The fraction of sp³-hybridized carbons (Fsp3) is 0.938. The van der Waals surface area contributed by atoms with E-state index in [1.165, 1.54) is 25.7 Å². The lowest BCUT2D eigenvalue weighted by atomic mass is 9.60. The molecule has 1 N–H and O–H groups in total. The first-order chi connectivity index (χ1) is 8.84. The van der Waals surface area contributed by atoms with Gasteiger partial charge in [-0.05, 0) is 37.0 Å². The number of hydrogen-bond acceptors (Lipinski definition) is 1. The second kappa shape index (κ2) is 6.81. The van der Waals surface area contributed by atoms with Crippen molar-refractivity contribution in [2.75, 3.05) is 7.05 Å². The molecule has 1 saturated carbocycles. The van der Waals surface area contributed by atoms with Crippen LogP contribution >= 0.6 is 0 Å². The van der Waals surface area contributed by atoms with Gasteiger partial charge >= 0.3 is 0 Å². The molecule has 0 aromatic heterocycles. The largest absolute Gasteiger partial charge is 0.359 e. The molecular weight excluding hydrogens is 233 g/mol. The van der Waals surface area contributed by atoms with Crippen molar-refractivity contribution in [3.8, 4) is 0 Å². The van der Waals surface area contributed by atoms with Crippen molar-refractivity contribution >= 4 is 13.8 Å². The molecule has 0 spiro atoms. The third-order valence-electron chi connectivity index (χ3n) is 5.31. The highest BCUT2D eigenvalue weighted by molar-refractivity contribution is 6.28. The topological polar surface area (TPSA) is 29.1 Å². The zero-order valence-electron chi connectivity index (χ0n) is 13.2. The molecular formula is C16H30BNO. The average Bonchev–Trinajstić information content (AvgIpc) is 2.38. The van der Waals surface area contributed by atoms with Crippen molar-refractivity contribution < 1.29 is 4.79 Å². The van der Waals surface area contributed by atoms with Gasteiger partial charge in [-0.15, -0.1) is 0 Å². The third-order valence-corrected chi connectivity index (χ3v) is 5.31. The number of nitrogens with one attached hydrogen (secondary N) is 1. The number of carbonyl (C=O) groups is 1.